The van der Waals surface area contributed by atoms with E-state index in [4.69, 9.17) is 5.21 Å². The van der Waals surface area contributed by atoms with Crippen molar-refractivity contribution in [3.05, 3.63) is 5.75 Å². The maximum absolute atomic E-state index is 11.0. The maximum Gasteiger partial charge on any atom is 0.247 e. The molecule has 1 amide bonds. The van der Waals surface area contributed by atoms with Crippen LogP contribution in [-0.2, 0) is 14.6 Å². The number of hydrogen-bond donors (Lipinski definition) is 2. The molecule has 0 aromatic rings. The fraction of sp³-hybridized carbons (Fsp3) is 0.667. The highest BCUT2D eigenvalue weighted by atomic mass is 32.2. The quantitative estimate of drug-likeness (QED) is 0.432. The summed E-state index contributed by atoms with van der Waals surface area (Å²) in [4.78, 5) is 10.8. The Kier molecular flexibility index (Phi) is 2.69. The van der Waals surface area contributed by atoms with Crippen LogP contribution in [0.15, 0.2) is 0 Å². The number of nitrogens with one attached hydrogen (secondary N) is 1. The van der Waals surface area contributed by atoms with Gasteiger partial charge in [-0.1, -0.05) is 0 Å². The normalized spacial score (nSPS) is 27.9. The van der Waals surface area contributed by atoms with Gasteiger partial charge in [0, 0.05) is 0 Å². The second kappa shape index (κ2) is 3.40. The van der Waals surface area contributed by atoms with E-state index in [-0.39, 0.29) is 5.75 Å². The van der Waals surface area contributed by atoms with Crippen LogP contribution in [0, 0.1) is 11.7 Å². The number of sulfone groups is 1. The van der Waals surface area contributed by atoms with Gasteiger partial charge in [0.05, 0.1) is 17.4 Å². The minimum atomic E-state index is -3.18. The molecule has 1 heterocycles. The van der Waals surface area contributed by atoms with E-state index in [1.165, 1.54) is 5.48 Å². The molecule has 0 aromatic heterocycles. The largest absolute Gasteiger partial charge is 0.289 e. The van der Waals surface area contributed by atoms with Gasteiger partial charge < -0.3 is 0 Å². The van der Waals surface area contributed by atoms with Gasteiger partial charge in [-0.15, -0.1) is 0 Å². The summed E-state index contributed by atoms with van der Waals surface area (Å²) in [5, 5.41) is 8.24. The van der Waals surface area contributed by atoms with Gasteiger partial charge in [-0.2, -0.15) is 0 Å². The van der Waals surface area contributed by atoms with Gasteiger partial charge in [-0.3, -0.25) is 10.0 Å². The van der Waals surface area contributed by atoms with Crippen molar-refractivity contribution >= 4 is 15.7 Å². The highest BCUT2D eigenvalue weighted by molar-refractivity contribution is 7.93. The first-order valence-corrected chi connectivity index (χ1v) is 5.28. The van der Waals surface area contributed by atoms with Crippen LogP contribution in [0.2, 0.25) is 0 Å². The molecule has 0 saturated carbocycles. The first-order chi connectivity index (χ1) is 5.55. The Morgan fingerprint density at radius 2 is 2.25 bits per heavy atom. The zero-order valence-corrected chi connectivity index (χ0v) is 7.17. The number of hydroxylamine groups is 1. The standard InChI is InChI=1S/C6H10NO4S/c8-6(7-9)5-2-1-3-12(10,11)4-5/h4-5,9H,1-3H2,(H,7,8)/t5-/m1/s1. The van der Waals surface area contributed by atoms with E-state index in [0.29, 0.717) is 12.8 Å². The molecule has 69 valence electrons. The third-order valence-corrected chi connectivity index (χ3v) is 3.36. The lowest BCUT2D eigenvalue weighted by Crippen LogP contribution is -2.33. The Hall–Kier alpha value is -0.620. The van der Waals surface area contributed by atoms with Gasteiger partial charge in [0.25, 0.3) is 0 Å². The maximum atomic E-state index is 11.0. The molecule has 6 heteroatoms. The summed E-state index contributed by atoms with van der Waals surface area (Å²) in [5.41, 5.74) is 1.44. The first kappa shape index (κ1) is 9.47. The number of amides is 1. The average molecular weight is 192 g/mol. The molecule has 1 atom stereocenters. The van der Waals surface area contributed by atoms with Crippen molar-refractivity contribution in [2.75, 3.05) is 5.75 Å². The van der Waals surface area contributed by atoms with E-state index in [1.54, 1.807) is 0 Å². The SMILES string of the molecule is O=C(NO)[C@H]1[CH]S(=O)(=O)CCC1. The average Bonchev–Trinajstić information content (AvgIpc) is 2.01. The highest BCUT2D eigenvalue weighted by Gasteiger charge is 2.30. The molecule has 0 aromatic carbocycles. The number of carbonyl (C=O) groups is 1. The van der Waals surface area contributed by atoms with Crippen molar-refractivity contribution in [1.82, 2.24) is 5.48 Å². The van der Waals surface area contributed by atoms with Gasteiger partial charge in [0.15, 0.2) is 9.84 Å². The summed E-state index contributed by atoms with van der Waals surface area (Å²) in [7, 11) is -3.18. The van der Waals surface area contributed by atoms with Crippen LogP contribution in [0.3, 0.4) is 0 Å². The Balaban J connectivity index is 2.64. The van der Waals surface area contributed by atoms with E-state index in [2.05, 4.69) is 0 Å². The van der Waals surface area contributed by atoms with Crippen molar-refractivity contribution in [2.45, 2.75) is 12.8 Å². The molecular weight excluding hydrogens is 182 g/mol. The summed E-state index contributed by atoms with van der Waals surface area (Å²) < 4.78 is 21.9. The second-order valence-electron chi connectivity index (χ2n) is 2.73. The molecule has 0 unspecified atom stereocenters. The summed E-state index contributed by atoms with van der Waals surface area (Å²) in [6.45, 7) is 0. The summed E-state index contributed by atoms with van der Waals surface area (Å²) in [6, 6.07) is 0. The molecule has 0 bridgehead atoms. The molecular formula is C6H10NO4S. The molecule has 0 spiro atoms. The van der Waals surface area contributed by atoms with Crippen LogP contribution in [-0.4, -0.2) is 25.3 Å². The van der Waals surface area contributed by atoms with Crippen LogP contribution in [0.5, 0.6) is 0 Å². The minimum Gasteiger partial charge on any atom is -0.289 e. The fourth-order valence-corrected chi connectivity index (χ4v) is 2.63. The van der Waals surface area contributed by atoms with E-state index in [0.717, 1.165) is 5.75 Å². The van der Waals surface area contributed by atoms with Crippen LogP contribution in [0.1, 0.15) is 12.8 Å². The number of rotatable bonds is 1. The van der Waals surface area contributed by atoms with Gasteiger partial charge in [-0.25, -0.2) is 13.9 Å². The minimum absolute atomic E-state index is 0.0994. The zero-order chi connectivity index (χ0) is 9.19. The highest BCUT2D eigenvalue weighted by Crippen LogP contribution is 2.22. The fourth-order valence-electron chi connectivity index (χ4n) is 1.17. The Morgan fingerprint density at radius 3 is 2.75 bits per heavy atom. The first-order valence-electron chi connectivity index (χ1n) is 3.57. The lowest BCUT2D eigenvalue weighted by atomic mass is 10.1. The molecule has 1 fully saturated rings. The van der Waals surface area contributed by atoms with Crippen LogP contribution < -0.4 is 5.48 Å². The van der Waals surface area contributed by atoms with Crippen molar-refractivity contribution in [3.8, 4) is 0 Å². The van der Waals surface area contributed by atoms with Crippen molar-refractivity contribution < 1.29 is 18.4 Å². The summed E-state index contributed by atoms with van der Waals surface area (Å²) in [5.74, 6) is -0.253. The summed E-state index contributed by atoms with van der Waals surface area (Å²) in [6.07, 6.45) is 0.947. The third-order valence-electron chi connectivity index (χ3n) is 1.76. The lowest BCUT2D eigenvalue weighted by Gasteiger charge is -2.18. The van der Waals surface area contributed by atoms with Gasteiger partial charge in [0.1, 0.15) is 0 Å². The lowest BCUT2D eigenvalue weighted by molar-refractivity contribution is -0.132. The molecule has 0 aliphatic carbocycles. The van der Waals surface area contributed by atoms with Crippen LogP contribution in [0.4, 0.5) is 0 Å². The molecule has 2 N–H and O–H groups in total. The Bertz CT molecular complexity index is 271. The predicted molar refractivity (Wildman–Crippen MR) is 40.7 cm³/mol. The number of hydrogen-bond acceptors (Lipinski definition) is 4. The molecule has 1 aliphatic heterocycles. The predicted octanol–water partition coefficient (Wildman–Crippen LogP) is -0.522. The molecule has 1 saturated heterocycles. The topological polar surface area (TPSA) is 83.5 Å². The monoisotopic (exact) mass is 192 g/mol. The molecule has 1 aliphatic rings. The van der Waals surface area contributed by atoms with Crippen molar-refractivity contribution in [3.63, 3.8) is 0 Å². The molecule has 1 rings (SSSR count). The molecule has 1 radical (unpaired) electrons. The van der Waals surface area contributed by atoms with Crippen molar-refractivity contribution in [1.29, 1.82) is 0 Å². The van der Waals surface area contributed by atoms with Gasteiger partial charge >= 0.3 is 0 Å². The van der Waals surface area contributed by atoms with Crippen molar-refractivity contribution in [2.24, 2.45) is 5.92 Å². The Morgan fingerprint density at radius 1 is 1.58 bits per heavy atom. The number of carbonyl (C=O) groups excluding carboxylic acids is 1. The van der Waals surface area contributed by atoms with E-state index in [1.807, 2.05) is 0 Å². The van der Waals surface area contributed by atoms with Gasteiger partial charge in [0.2, 0.25) is 5.91 Å². The smallest absolute Gasteiger partial charge is 0.247 e. The molecule has 5 nitrogen and oxygen atoms in total. The van der Waals surface area contributed by atoms with E-state index < -0.39 is 21.7 Å². The van der Waals surface area contributed by atoms with E-state index >= 15 is 0 Å². The second-order valence-corrected chi connectivity index (χ2v) is 4.73. The zero-order valence-electron chi connectivity index (χ0n) is 6.36. The summed E-state index contributed by atoms with van der Waals surface area (Å²) >= 11 is 0. The molecule has 12 heavy (non-hydrogen) atoms. The van der Waals surface area contributed by atoms with Crippen LogP contribution in [0.25, 0.3) is 0 Å². The third kappa shape index (κ3) is 2.18. The Labute approximate surface area is 70.6 Å². The van der Waals surface area contributed by atoms with Gasteiger partial charge in [-0.05, 0) is 12.8 Å². The van der Waals surface area contributed by atoms with E-state index in [9.17, 15) is 13.2 Å². The van der Waals surface area contributed by atoms with Crippen LogP contribution >= 0.6 is 0 Å².